The van der Waals surface area contributed by atoms with E-state index < -0.39 is 23.9 Å². The van der Waals surface area contributed by atoms with Gasteiger partial charge in [0.15, 0.2) is 0 Å². The summed E-state index contributed by atoms with van der Waals surface area (Å²) < 4.78 is 20.0. The lowest BCUT2D eigenvalue weighted by molar-refractivity contribution is -0.140. The Kier molecular flexibility index (Phi) is 10.6. The summed E-state index contributed by atoms with van der Waals surface area (Å²) in [6, 6.07) is 5.81. The van der Waals surface area contributed by atoms with E-state index >= 15 is 0 Å². The average molecular weight is 418 g/mol. The number of benzene rings is 1. The predicted octanol–water partition coefficient (Wildman–Crippen LogP) is 3.02. The Balaban J connectivity index is 2.30. The van der Waals surface area contributed by atoms with Crippen LogP contribution in [-0.2, 0) is 28.5 Å². The number of ether oxygens (including phenoxy) is 4. The molecule has 0 unspecified atom stereocenters. The van der Waals surface area contributed by atoms with Crippen molar-refractivity contribution in [1.82, 2.24) is 0 Å². The van der Waals surface area contributed by atoms with Gasteiger partial charge < -0.3 is 18.9 Å². The molecule has 0 bridgehead atoms. The first-order chi connectivity index (χ1) is 14.2. The summed E-state index contributed by atoms with van der Waals surface area (Å²) in [4.78, 5) is 46.4. The molecular formula is C22H26O8. The van der Waals surface area contributed by atoms with Crippen LogP contribution in [-0.4, -0.2) is 50.3 Å². The van der Waals surface area contributed by atoms with Crippen LogP contribution in [0, 0.1) is 0 Å². The van der Waals surface area contributed by atoms with Crippen molar-refractivity contribution < 1.29 is 38.1 Å². The second kappa shape index (κ2) is 12.9. The van der Waals surface area contributed by atoms with Crippen molar-refractivity contribution in [3.63, 3.8) is 0 Å². The first-order valence-corrected chi connectivity index (χ1v) is 9.32. The summed E-state index contributed by atoms with van der Waals surface area (Å²) in [6.07, 6.45) is 0.716. The zero-order chi connectivity index (χ0) is 22.5. The molecule has 162 valence electrons. The molecular weight excluding hydrogens is 392 g/mol. The van der Waals surface area contributed by atoms with Gasteiger partial charge >= 0.3 is 23.9 Å². The molecule has 8 heteroatoms. The van der Waals surface area contributed by atoms with E-state index in [1.165, 1.54) is 24.3 Å². The SMILES string of the molecule is C=C(C)C(=O)OCCCOC(=O)c1ccc(C(=O)OCCCOC(=O)C(=C)C)cc1. The lowest BCUT2D eigenvalue weighted by Crippen LogP contribution is -2.12. The van der Waals surface area contributed by atoms with Crippen LogP contribution < -0.4 is 0 Å². The molecule has 0 heterocycles. The third kappa shape index (κ3) is 9.18. The van der Waals surface area contributed by atoms with Crippen LogP contribution in [0.25, 0.3) is 0 Å². The molecule has 0 radical (unpaired) electrons. The van der Waals surface area contributed by atoms with Crippen LogP contribution in [0.4, 0.5) is 0 Å². The lowest BCUT2D eigenvalue weighted by atomic mass is 10.1. The van der Waals surface area contributed by atoms with Gasteiger partial charge in [-0.3, -0.25) is 0 Å². The molecule has 0 saturated heterocycles. The van der Waals surface area contributed by atoms with Gasteiger partial charge in [0.05, 0.1) is 37.6 Å². The van der Waals surface area contributed by atoms with Crippen molar-refractivity contribution in [2.45, 2.75) is 26.7 Å². The largest absolute Gasteiger partial charge is 0.462 e. The van der Waals surface area contributed by atoms with Gasteiger partial charge in [-0.2, -0.15) is 0 Å². The number of hydrogen-bond acceptors (Lipinski definition) is 8. The minimum Gasteiger partial charge on any atom is -0.462 e. The van der Waals surface area contributed by atoms with E-state index in [1.807, 2.05) is 0 Å². The first-order valence-electron chi connectivity index (χ1n) is 9.32. The highest BCUT2D eigenvalue weighted by molar-refractivity contribution is 5.93. The van der Waals surface area contributed by atoms with E-state index in [1.54, 1.807) is 13.8 Å². The maximum Gasteiger partial charge on any atom is 0.338 e. The van der Waals surface area contributed by atoms with Gasteiger partial charge in [-0.1, -0.05) is 13.2 Å². The van der Waals surface area contributed by atoms with Crippen molar-refractivity contribution in [1.29, 1.82) is 0 Å². The second-order valence-corrected chi connectivity index (χ2v) is 6.39. The number of carbonyl (C=O) groups is 4. The first kappa shape index (κ1) is 24.6. The molecule has 0 aliphatic carbocycles. The fourth-order valence-electron chi connectivity index (χ4n) is 1.93. The Morgan fingerprint density at radius 3 is 1.23 bits per heavy atom. The van der Waals surface area contributed by atoms with E-state index in [2.05, 4.69) is 13.2 Å². The van der Waals surface area contributed by atoms with Gasteiger partial charge in [0.1, 0.15) is 0 Å². The fraction of sp³-hybridized carbons (Fsp3) is 0.364. The van der Waals surface area contributed by atoms with Gasteiger partial charge in [0.25, 0.3) is 0 Å². The van der Waals surface area contributed by atoms with Crippen LogP contribution in [0.3, 0.4) is 0 Å². The molecule has 1 aromatic carbocycles. The molecule has 0 amide bonds. The summed E-state index contributed by atoms with van der Waals surface area (Å²) in [7, 11) is 0. The van der Waals surface area contributed by atoms with E-state index in [-0.39, 0.29) is 37.6 Å². The third-order valence-electron chi connectivity index (χ3n) is 3.56. The van der Waals surface area contributed by atoms with Crippen molar-refractivity contribution >= 4 is 23.9 Å². The van der Waals surface area contributed by atoms with E-state index in [0.29, 0.717) is 24.0 Å². The van der Waals surface area contributed by atoms with Crippen LogP contribution in [0.5, 0.6) is 0 Å². The van der Waals surface area contributed by atoms with Crippen LogP contribution >= 0.6 is 0 Å². The summed E-state index contributed by atoms with van der Waals surface area (Å²) in [5.74, 6) is -2.09. The normalized spacial score (nSPS) is 9.93. The van der Waals surface area contributed by atoms with Crippen molar-refractivity contribution in [3.05, 3.63) is 59.7 Å². The Labute approximate surface area is 175 Å². The van der Waals surface area contributed by atoms with Crippen LogP contribution in [0.15, 0.2) is 48.6 Å². The molecule has 0 fully saturated rings. The highest BCUT2D eigenvalue weighted by atomic mass is 16.6. The van der Waals surface area contributed by atoms with Crippen LogP contribution in [0.2, 0.25) is 0 Å². The molecule has 1 aromatic rings. The molecule has 0 aliphatic rings. The van der Waals surface area contributed by atoms with E-state index in [4.69, 9.17) is 18.9 Å². The highest BCUT2D eigenvalue weighted by Crippen LogP contribution is 2.08. The van der Waals surface area contributed by atoms with Gasteiger partial charge in [0.2, 0.25) is 0 Å². The van der Waals surface area contributed by atoms with Gasteiger partial charge in [-0.05, 0) is 38.1 Å². The fourth-order valence-corrected chi connectivity index (χ4v) is 1.93. The molecule has 0 spiro atoms. The second-order valence-electron chi connectivity index (χ2n) is 6.39. The lowest BCUT2D eigenvalue weighted by Gasteiger charge is -2.08. The number of esters is 4. The third-order valence-corrected chi connectivity index (χ3v) is 3.56. The molecule has 0 atom stereocenters. The number of rotatable bonds is 12. The van der Waals surface area contributed by atoms with Crippen molar-refractivity contribution in [2.75, 3.05) is 26.4 Å². The van der Waals surface area contributed by atoms with E-state index in [9.17, 15) is 19.2 Å². The van der Waals surface area contributed by atoms with Crippen LogP contribution in [0.1, 0.15) is 47.4 Å². The zero-order valence-corrected chi connectivity index (χ0v) is 17.2. The van der Waals surface area contributed by atoms with Gasteiger partial charge in [-0.25, -0.2) is 19.2 Å². The Hall–Kier alpha value is -3.42. The predicted molar refractivity (Wildman–Crippen MR) is 108 cm³/mol. The molecule has 0 aliphatic heterocycles. The summed E-state index contributed by atoms with van der Waals surface area (Å²) in [5.41, 5.74) is 1.16. The van der Waals surface area contributed by atoms with Gasteiger partial charge in [0, 0.05) is 24.0 Å². The minimum atomic E-state index is -0.555. The molecule has 8 nitrogen and oxygen atoms in total. The molecule has 0 aromatic heterocycles. The summed E-state index contributed by atoms with van der Waals surface area (Å²) in [5, 5.41) is 0. The number of carbonyl (C=O) groups excluding carboxylic acids is 4. The zero-order valence-electron chi connectivity index (χ0n) is 17.2. The maximum absolute atomic E-state index is 12.0. The minimum absolute atomic E-state index is 0.0854. The monoisotopic (exact) mass is 418 g/mol. The van der Waals surface area contributed by atoms with Crippen molar-refractivity contribution in [2.24, 2.45) is 0 Å². The van der Waals surface area contributed by atoms with Gasteiger partial charge in [-0.15, -0.1) is 0 Å². The van der Waals surface area contributed by atoms with E-state index in [0.717, 1.165) is 0 Å². The van der Waals surface area contributed by atoms with Crippen molar-refractivity contribution in [3.8, 4) is 0 Å². The molecule has 30 heavy (non-hydrogen) atoms. The standard InChI is InChI=1S/C22H26O8/c1-15(2)19(23)27-11-5-13-29-21(25)17-7-9-18(10-8-17)22(26)30-14-6-12-28-20(24)16(3)4/h7-10H,1,3,5-6,11-14H2,2,4H3. The smallest absolute Gasteiger partial charge is 0.338 e. The Morgan fingerprint density at radius 1 is 0.633 bits per heavy atom. The number of hydrogen-bond donors (Lipinski definition) is 0. The molecule has 0 saturated carbocycles. The molecule has 0 N–H and O–H groups in total. The Bertz CT molecular complexity index is 725. The molecule has 1 rings (SSSR count). The highest BCUT2D eigenvalue weighted by Gasteiger charge is 2.11. The summed E-state index contributed by atoms with van der Waals surface area (Å²) >= 11 is 0. The average Bonchev–Trinajstić information content (AvgIpc) is 2.72. The maximum atomic E-state index is 12.0. The summed E-state index contributed by atoms with van der Waals surface area (Å²) in [6.45, 7) is 10.4. The topological polar surface area (TPSA) is 105 Å². The Morgan fingerprint density at radius 2 is 0.933 bits per heavy atom. The quantitative estimate of drug-likeness (QED) is 0.221.